The summed E-state index contributed by atoms with van der Waals surface area (Å²) in [5.41, 5.74) is 2.29. The fourth-order valence-corrected chi connectivity index (χ4v) is 2.89. The van der Waals surface area contributed by atoms with Gasteiger partial charge in [-0.25, -0.2) is 4.98 Å². The number of hydrogen-bond donors (Lipinski definition) is 2. The van der Waals surface area contributed by atoms with E-state index in [0.717, 1.165) is 50.9 Å². The molecule has 1 aliphatic rings. The third-order valence-corrected chi connectivity index (χ3v) is 4.30. The van der Waals surface area contributed by atoms with Crippen molar-refractivity contribution in [1.29, 1.82) is 0 Å². The maximum absolute atomic E-state index is 5.77. The van der Waals surface area contributed by atoms with Crippen LogP contribution in [0.25, 0.3) is 5.69 Å². The summed E-state index contributed by atoms with van der Waals surface area (Å²) >= 11 is 0. The van der Waals surface area contributed by atoms with Gasteiger partial charge in [-0.05, 0) is 24.5 Å². The van der Waals surface area contributed by atoms with Gasteiger partial charge in [0.1, 0.15) is 0 Å². The van der Waals surface area contributed by atoms with Gasteiger partial charge in [-0.1, -0.05) is 18.2 Å². The second-order valence-corrected chi connectivity index (χ2v) is 6.16. The molecule has 1 aromatic heterocycles. The number of aromatic nitrogens is 2. The number of rotatable bonds is 8. The van der Waals surface area contributed by atoms with Crippen LogP contribution in [0.15, 0.2) is 48.0 Å². The minimum absolute atomic E-state index is 0. The molecule has 3 rings (SSSR count). The van der Waals surface area contributed by atoms with Gasteiger partial charge in [0.15, 0.2) is 5.96 Å². The lowest BCUT2D eigenvalue weighted by Crippen LogP contribution is -2.37. The lowest BCUT2D eigenvalue weighted by molar-refractivity contribution is 0.0420. The largest absolute Gasteiger partial charge is 0.379 e. The molecule has 7 nitrogen and oxygen atoms in total. The molecule has 2 N–H and O–H groups in total. The second-order valence-electron chi connectivity index (χ2n) is 6.16. The SMILES string of the molecule is CN=C(NCCCOC1CCOC1)NCc1ccccc1-n1ccnc1.I. The van der Waals surface area contributed by atoms with E-state index in [-0.39, 0.29) is 30.1 Å². The van der Waals surface area contributed by atoms with Crippen LogP contribution in [-0.2, 0) is 16.0 Å². The van der Waals surface area contributed by atoms with Gasteiger partial charge >= 0.3 is 0 Å². The molecule has 0 saturated carbocycles. The standard InChI is InChI=1S/C19H27N5O2.HI/c1-20-19(22-8-4-11-26-17-7-12-25-14-17)23-13-16-5-2-3-6-18(16)24-10-9-21-15-24;/h2-3,5-6,9-10,15,17H,4,7-8,11-14H2,1H3,(H2,20,22,23);1H. The van der Waals surface area contributed by atoms with Crippen molar-refractivity contribution in [2.75, 3.05) is 33.4 Å². The number of nitrogens with zero attached hydrogens (tertiary/aromatic N) is 3. The van der Waals surface area contributed by atoms with Crippen molar-refractivity contribution in [2.45, 2.75) is 25.5 Å². The van der Waals surface area contributed by atoms with Gasteiger partial charge in [0.25, 0.3) is 0 Å². The highest BCUT2D eigenvalue weighted by Crippen LogP contribution is 2.13. The molecule has 148 valence electrons. The van der Waals surface area contributed by atoms with E-state index in [9.17, 15) is 0 Å². The molecule has 27 heavy (non-hydrogen) atoms. The number of benzene rings is 1. The first-order valence-corrected chi connectivity index (χ1v) is 9.07. The number of imidazole rings is 1. The van der Waals surface area contributed by atoms with Gasteiger partial charge in [-0.15, -0.1) is 24.0 Å². The molecule has 0 amide bonds. The number of nitrogens with one attached hydrogen (secondary N) is 2. The summed E-state index contributed by atoms with van der Waals surface area (Å²) < 4.78 is 13.1. The number of halogens is 1. The molecule has 0 radical (unpaired) electrons. The Morgan fingerprint density at radius 1 is 1.37 bits per heavy atom. The van der Waals surface area contributed by atoms with Gasteiger partial charge in [0, 0.05) is 45.7 Å². The predicted molar refractivity (Wildman–Crippen MR) is 117 cm³/mol. The molecule has 8 heteroatoms. The maximum Gasteiger partial charge on any atom is 0.191 e. The topological polar surface area (TPSA) is 72.7 Å². The van der Waals surface area contributed by atoms with Crippen molar-refractivity contribution >= 4 is 29.9 Å². The highest BCUT2D eigenvalue weighted by atomic mass is 127. The van der Waals surface area contributed by atoms with Crippen LogP contribution >= 0.6 is 24.0 Å². The van der Waals surface area contributed by atoms with Crippen LogP contribution in [0.4, 0.5) is 0 Å². The molecule has 1 fully saturated rings. The minimum Gasteiger partial charge on any atom is -0.379 e. The highest BCUT2D eigenvalue weighted by Gasteiger charge is 2.15. The quantitative estimate of drug-likeness (QED) is 0.260. The number of para-hydroxylation sites is 1. The smallest absolute Gasteiger partial charge is 0.191 e. The first-order valence-electron chi connectivity index (χ1n) is 9.07. The van der Waals surface area contributed by atoms with E-state index in [1.54, 1.807) is 19.6 Å². The fourth-order valence-electron chi connectivity index (χ4n) is 2.89. The molecule has 1 atom stereocenters. The van der Waals surface area contributed by atoms with Gasteiger partial charge in [-0.2, -0.15) is 0 Å². The monoisotopic (exact) mass is 485 g/mol. The van der Waals surface area contributed by atoms with Crippen LogP contribution in [0.3, 0.4) is 0 Å². The zero-order valence-corrected chi connectivity index (χ0v) is 18.0. The van der Waals surface area contributed by atoms with E-state index in [4.69, 9.17) is 9.47 Å². The highest BCUT2D eigenvalue weighted by molar-refractivity contribution is 14.0. The van der Waals surface area contributed by atoms with Crippen LogP contribution in [0.1, 0.15) is 18.4 Å². The molecule has 2 heterocycles. The Morgan fingerprint density at radius 3 is 3.00 bits per heavy atom. The van der Waals surface area contributed by atoms with Crippen molar-refractivity contribution in [1.82, 2.24) is 20.2 Å². The Bertz CT molecular complexity index is 687. The van der Waals surface area contributed by atoms with Crippen LogP contribution in [0.2, 0.25) is 0 Å². The number of hydrogen-bond acceptors (Lipinski definition) is 4. The van der Waals surface area contributed by atoms with Crippen molar-refractivity contribution < 1.29 is 9.47 Å². The predicted octanol–water partition coefficient (Wildman–Crippen LogP) is 2.35. The van der Waals surface area contributed by atoms with Crippen LogP contribution in [0.5, 0.6) is 0 Å². The van der Waals surface area contributed by atoms with Crippen LogP contribution in [-0.4, -0.2) is 55.0 Å². The Kier molecular flexibility index (Phi) is 9.57. The molecular weight excluding hydrogens is 457 g/mol. The molecule has 0 spiro atoms. The molecule has 2 aromatic rings. The molecule has 0 bridgehead atoms. The summed E-state index contributed by atoms with van der Waals surface area (Å²) in [4.78, 5) is 8.41. The van der Waals surface area contributed by atoms with E-state index >= 15 is 0 Å². The van der Waals surface area contributed by atoms with Crippen LogP contribution < -0.4 is 10.6 Å². The summed E-state index contributed by atoms with van der Waals surface area (Å²) in [5.74, 6) is 0.787. The van der Waals surface area contributed by atoms with Crippen molar-refractivity contribution in [3.63, 3.8) is 0 Å². The summed E-state index contributed by atoms with van der Waals surface area (Å²) in [6.07, 6.45) is 7.75. The molecule has 1 unspecified atom stereocenters. The molecule has 1 aliphatic heterocycles. The Morgan fingerprint density at radius 2 is 2.26 bits per heavy atom. The average Bonchev–Trinajstić information content (AvgIpc) is 3.38. The fraction of sp³-hybridized carbons (Fsp3) is 0.474. The maximum atomic E-state index is 5.77. The van der Waals surface area contributed by atoms with Gasteiger partial charge < -0.3 is 24.7 Å². The van der Waals surface area contributed by atoms with Gasteiger partial charge in [0.05, 0.1) is 24.7 Å². The van der Waals surface area contributed by atoms with E-state index < -0.39 is 0 Å². The molecule has 0 aliphatic carbocycles. The summed E-state index contributed by atoms with van der Waals surface area (Å²) in [6, 6.07) is 8.26. The zero-order valence-electron chi connectivity index (χ0n) is 15.6. The van der Waals surface area contributed by atoms with E-state index in [2.05, 4.69) is 32.7 Å². The van der Waals surface area contributed by atoms with E-state index in [1.807, 2.05) is 22.9 Å². The third kappa shape index (κ3) is 6.78. The van der Waals surface area contributed by atoms with Crippen molar-refractivity contribution in [3.05, 3.63) is 48.5 Å². The van der Waals surface area contributed by atoms with Crippen molar-refractivity contribution in [3.8, 4) is 5.69 Å². The van der Waals surface area contributed by atoms with Crippen LogP contribution in [0, 0.1) is 0 Å². The van der Waals surface area contributed by atoms with Crippen molar-refractivity contribution in [2.24, 2.45) is 4.99 Å². The molecule has 1 saturated heterocycles. The van der Waals surface area contributed by atoms with Gasteiger partial charge in [-0.3, -0.25) is 4.99 Å². The zero-order chi connectivity index (χ0) is 18.0. The summed E-state index contributed by atoms with van der Waals surface area (Å²) in [7, 11) is 1.78. The van der Waals surface area contributed by atoms with Gasteiger partial charge in [0.2, 0.25) is 0 Å². The minimum atomic E-state index is 0. The number of aliphatic imine (C=N–C) groups is 1. The molecule has 1 aromatic carbocycles. The Labute approximate surface area is 177 Å². The summed E-state index contributed by atoms with van der Waals surface area (Å²) in [5, 5.41) is 6.69. The average molecular weight is 485 g/mol. The second kappa shape index (κ2) is 11.9. The number of ether oxygens (including phenoxy) is 2. The lowest BCUT2D eigenvalue weighted by Gasteiger charge is -2.15. The Balaban J connectivity index is 0.00000261. The lowest BCUT2D eigenvalue weighted by atomic mass is 10.1. The normalized spacial score (nSPS) is 16.8. The van der Waals surface area contributed by atoms with E-state index in [0.29, 0.717) is 6.54 Å². The first-order chi connectivity index (χ1) is 12.9. The van der Waals surface area contributed by atoms with E-state index in [1.165, 1.54) is 5.56 Å². The first kappa shape index (κ1) is 21.6. The summed E-state index contributed by atoms with van der Waals surface area (Å²) in [6.45, 7) is 3.79. The molecular formula is C19H28IN5O2. The Hall–Kier alpha value is -1.65. The third-order valence-electron chi connectivity index (χ3n) is 4.30. The number of guanidine groups is 1.